The van der Waals surface area contributed by atoms with Crippen LogP contribution in [-0.2, 0) is 23.7 Å². The van der Waals surface area contributed by atoms with Crippen LogP contribution in [-0.4, -0.2) is 133 Å². The number of ether oxygens (including phenoxy) is 4. The third kappa shape index (κ3) is 6.04. The second kappa shape index (κ2) is 12.0. The van der Waals surface area contributed by atoms with Crippen LogP contribution in [0.4, 0.5) is 0 Å². The van der Waals surface area contributed by atoms with Crippen molar-refractivity contribution < 1.29 is 64.6 Å². The van der Waals surface area contributed by atoms with Gasteiger partial charge in [-0.1, -0.05) is 19.9 Å². The molecule has 38 heavy (non-hydrogen) atoms. The van der Waals surface area contributed by atoms with Crippen LogP contribution in [0.25, 0.3) is 0 Å². The Morgan fingerprint density at radius 1 is 0.974 bits per heavy atom. The Balaban J connectivity index is 1.81. The zero-order valence-corrected chi connectivity index (χ0v) is 21.8. The zero-order chi connectivity index (χ0) is 28.6. The van der Waals surface area contributed by atoms with Crippen molar-refractivity contribution in [3.05, 3.63) is 23.8 Å². The van der Waals surface area contributed by atoms with E-state index in [1.807, 2.05) is 0 Å². The first-order valence-corrected chi connectivity index (χ1v) is 12.5. The number of hydrogen-bond donors (Lipinski definition) is 8. The van der Waals surface area contributed by atoms with Gasteiger partial charge in [0.15, 0.2) is 18.4 Å². The monoisotopic (exact) mass is 548 g/mol. The maximum absolute atomic E-state index is 12.0. The lowest BCUT2D eigenvalue weighted by Crippen LogP contribution is -2.64. The molecule has 2 saturated heterocycles. The largest absolute Gasteiger partial charge is 0.394 e. The Bertz CT molecular complexity index is 888. The first-order chi connectivity index (χ1) is 17.7. The lowest BCUT2D eigenvalue weighted by molar-refractivity contribution is -0.369. The van der Waals surface area contributed by atoms with Gasteiger partial charge >= 0.3 is 0 Å². The number of carbonyl (C=O) groups excluding carboxylic acids is 1. The average molecular weight is 549 g/mol. The topological polar surface area (TPSA) is 216 Å². The smallest absolute Gasteiger partial charge is 0.187 e. The Labute approximate surface area is 220 Å². The van der Waals surface area contributed by atoms with Crippen molar-refractivity contribution >= 4 is 5.78 Å². The molecular weight excluding hydrogens is 508 g/mol. The molecule has 1 aliphatic carbocycles. The van der Waals surface area contributed by atoms with Gasteiger partial charge in [-0.15, -0.1) is 0 Å². The van der Waals surface area contributed by atoms with Gasteiger partial charge < -0.3 is 59.8 Å². The van der Waals surface area contributed by atoms with E-state index < -0.39 is 91.7 Å². The second-order valence-corrected chi connectivity index (χ2v) is 10.8. The van der Waals surface area contributed by atoms with E-state index in [0.717, 1.165) is 0 Å². The van der Waals surface area contributed by atoms with Crippen LogP contribution in [0, 0.1) is 5.41 Å². The van der Waals surface area contributed by atoms with E-state index in [1.54, 1.807) is 27.7 Å². The van der Waals surface area contributed by atoms with Gasteiger partial charge in [-0.2, -0.15) is 0 Å². The summed E-state index contributed by atoms with van der Waals surface area (Å²) in [5.41, 5.74) is -1.81. The summed E-state index contributed by atoms with van der Waals surface area (Å²) in [7, 11) is 0. The molecule has 0 saturated carbocycles. The molecule has 2 heterocycles. The standard InChI is InChI=1S/C25H40O13/c1-11-7-13(28)8-24(3,4)25(11,34)6-5-12(2)35-23-21(19(32)17(30)15(10-27)37-23)38-22-20(33)18(31)16(29)14(9-26)36-22/h5-7,12,14-23,26-27,29-34H,8-10H2,1-4H3/b6-5+. The molecule has 0 radical (unpaired) electrons. The number of aliphatic hydroxyl groups excluding tert-OH is 7. The number of hydrogen-bond acceptors (Lipinski definition) is 13. The van der Waals surface area contributed by atoms with Gasteiger partial charge in [0.1, 0.15) is 54.4 Å². The molecule has 0 bridgehead atoms. The summed E-state index contributed by atoms with van der Waals surface area (Å²) in [6.45, 7) is 5.39. The summed E-state index contributed by atoms with van der Waals surface area (Å²) in [6, 6.07) is 0. The lowest BCUT2D eigenvalue weighted by atomic mass is 9.64. The van der Waals surface area contributed by atoms with Crippen molar-refractivity contribution in [2.24, 2.45) is 5.41 Å². The molecule has 2 aliphatic heterocycles. The zero-order valence-electron chi connectivity index (χ0n) is 21.8. The quantitative estimate of drug-likeness (QED) is 0.145. The molecule has 0 aromatic heterocycles. The van der Waals surface area contributed by atoms with E-state index in [-0.39, 0.29) is 12.2 Å². The van der Waals surface area contributed by atoms with Crippen LogP contribution in [0.1, 0.15) is 34.1 Å². The van der Waals surface area contributed by atoms with Crippen LogP contribution in [0.2, 0.25) is 0 Å². The van der Waals surface area contributed by atoms with Gasteiger partial charge in [0.2, 0.25) is 0 Å². The maximum atomic E-state index is 12.0. The molecule has 3 aliphatic rings. The summed E-state index contributed by atoms with van der Waals surface area (Å²) in [5, 5.41) is 81.9. The van der Waals surface area contributed by atoms with Crippen LogP contribution in [0.5, 0.6) is 0 Å². The number of rotatable bonds is 8. The minimum atomic E-state index is -1.79. The van der Waals surface area contributed by atoms with E-state index in [9.17, 15) is 45.6 Å². The summed E-state index contributed by atoms with van der Waals surface area (Å²) in [6.07, 6.45) is -11.9. The summed E-state index contributed by atoms with van der Waals surface area (Å²) in [5.74, 6) is -0.0961. The van der Waals surface area contributed by atoms with Gasteiger partial charge in [-0.05, 0) is 31.6 Å². The fourth-order valence-corrected chi connectivity index (χ4v) is 5.04. The van der Waals surface area contributed by atoms with Crippen molar-refractivity contribution in [2.75, 3.05) is 13.2 Å². The molecule has 0 aromatic rings. The summed E-state index contributed by atoms with van der Waals surface area (Å²) < 4.78 is 22.5. The second-order valence-electron chi connectivity index (χ2n) is 10.8. The molecule has 13 heteroatoms. The molecule has 13 nitrogen and oxygen atoms in total. The third-order valence-corrected chi connectivity index (χ3v) is 7.55. The minimum Gasteiger partial charge on any atom is -0.394 e. The molecule has 12 unspecified atom stereocenters. The van der Waals surface area contributed by atoms with Crippen molar-refractivity contribution in [2.45, 2.75) is 107 Å². The molecule has 0 spiro atoms. The highest BCUT2D eigenvalue weighted by Crippen LogP contribution is 2.44. The highest BCUT2D eigenvalue weighted by molar-refractivity contribution is 5.92. The van der Waals surface area contributed by atoms with Crippen molar-refractivity contribution in [3.8, 4) is 0 Å². The lowest BCUT2D eigenvalue weighted by Gasteiger charge is -2.46. The highest BCUT2D eigenvalue weighted by Gasteiger charge is 2.51. The molecule has 8 N–H and O–H groups in total. The van der Waals surface area contributed by atoms with E-state index in [4.69, 9.17) is 18.9 Å². The maximum Gasteiger partial charge on any atom is 0.187 e. The number of ketones is 1. The average Bonchev–Trinajstić information content (AvgIpc) is 2.85. The SMILES string of the molecule is CC1=CC(=O)CC(C)(C)C1(O)/C=C/C(C)OC1OC(CO)C(O)C(O)C1OC1OC(CO)C(O)C(O)C1O. The number of aliphatic hydroxyl groups is 8. The van der Waals surface area contributed by atoms with Crippen molar-refractivity contribution in [1.29, 1.82) is 0 Å². The van der Waals surface area contributed by atoms with Crippen LogP contribution < -0.4 is 0 Å². The number of allylic oxidation sites excluding steroid dienone is 1. The summed E-state index contributed by atoms with van der Waals surface area (Å²) in [4.78, 5) is 12.0. The van der Waals surface area contributed by atoms with E-state index in [2.05, 4.69) is 0 Å². The number of carbonyl (C=O) groups is 1. The summed E-state index contributed by atoms with van der Waals surface area (Å²) >= 11 is 0. The van der Waals surface area contributed by atoms with E-state index in [0.29, 0.717) is 5.57 Å². The Morgan fingerprint density at radius 2 is 1.53 bits per heavy atom. The fourth-order valence-electron chi connectivity index (χ4n) is 5.04. The molecule has 2 fully saturated rings. The van der Waals surface area contributed by atoms with Gasteiger partial charge in [-0.3, -0.25) is 4.79 Å². The fraction of sp³-hybridized carbons (Fsp3) is 0.800. The molecule has 3 rings (SSSR count). The first-order valence-electron chi connectivity index (χ1n) is 12.5. The minimum absolute atomic E-state index is 0.0961. The van der Waals surface area contributed by atoms with Crippen LogP contribution >= 0.6 is 0 Å². The molecule has 0 aromatic carbocycles. The molecule has 12 atom stereocenters. The van der Waals surface area contributed by atoms with Gasteiger partial charge in [0.25, 0.3) is 0 Å². The van der Waals surface area contributed by atoms with Crippen LogP contribution in [0.15, 0.2) is 23.8 Å². The van der Waals surface area contributed by atoms with Gasteiger partial charge in [-0.25, -0.2) is 0 Å². The van der Waals surface area contributed by atoms with Crippen molar-refractivity contribution in [3.63, 3.8) is 0 Å². The molecule has 218 valence electrons. The predicted octanol–water partition coefficient (Wildman–Crippen LogP) is -2.75. The Morgan fingerprint density at radius 3 is 2.08 bits per heavy atom. The van der Waals surface area contributed by atoms with E-state index in [1.165, 1.54) is 18.2 Å². The molecular formula is C25H40O13. The molecule has 0 amide bonds. The highest BCUT2D eigenvalue weighted by atomic mass is 16.8. The van der Waals surface area contributed by atoms with E-state index >= 15 is 0 Å². The predicted molar refractivity (Wildman–Crippen MR) is 128 cm³/mol. The Hall–Kier alpha value is -1.33. The normalized spacial score (nSPS) is 44.7. The van der Waals surface area contributed by atoms with Crippen molar-refractivity contribution in [1.82, 2.24) is 0 Å². The van der Waals surface area contributed by atoms with Gasteiger partial charge in [0.05, 0.1) is 19.3 Å². The third-order valence-electron chi connectivity index (χ3n) is 7.55. The van der Waals surface area contributed by atoms with Gasteiger partial charge in [0, 0.05) is 11.8 Å². The first kappa shape index (κ1) is 31.2. The van der Waals surface area contributed by atoms with Crippen LogP contribution in [0.3, 0.4) is 0 Å². The Kier molecular flexibility index (Phi) is 9.89.